The van der Waals surface area contributed by atoms with Gasteiger partial charge in [0, 0.05) is 5.56 Å². The van der Waals surface area contributed by atoms with E-state index in [1.54, 1.807) is 12.1 Å². The lowest BCUT2D eigenvalue weighted by Crippen LogP contribution is -2.11. The summed E-state index contributed by atoms with van der Waals surface area (Å²) < 4.78 is 0. The van der Waals surface area contributed by atoms with Crippen molar-refractivity contribution in [3.05, 3.63) is 36.0 Å². The topological polar surface area (TPSA) is 90.9 Å². The first-order valence-electron chi connectivity index (χ1n) is 4.22. The molecule has 0 spiro atoms. The first kappa shape index (κ1) is 9.20. The smallest absolute Gasteiger partial charge is 0.257 e. The highest BCUT2D eigenvalue weighted by atomic mass is 16.3. The van der Waals surface area contributed by atoms with Crippen molar-refractivity contribution in [1.82, 2.24) is 15.4 Å². The second-order valence-electron chi connectivity index (χ2n) is 2.86. The van der Waals surface area contributed by atoms with Gasteiger partial charge in [-0.3, -0.25) is 4.79 Å². The molecule has 76 valence electrons. The van der Waals surface area contributed by atoms with Crippen molar-refractivity contribution in [2.24, 2.45) is 0 Å². The van der Waals surface area contributed by atoms with Gasteiger partial charge in [0.25, 0.3) is 5.91 Å². The van der Waals surface area contributed by atoms with E-state index in [1.807, 2.05) is 0 Å². The molecule has 3 N–H and O–H groups in total. The second-order valence-corrected chi connectivity index (χ2v) is 2.86. The number of anilines is 1. The molecule has 0 saturated carbocycles. The van der Waals surface area contributed by atoms with E-state index in [-0.39, 0.29) is 11.7 Å². The van der Waals surface area contributed by atoms with Crippen molar-refractivity contribution in [3.8, 4) is 5.75 Å². The zero-order valence-corrected chi connectivity index (χ0v) is 7.64. The Labute approximate surface area is 84.9 Å². The van der Waals surface area contributed by atoms with Gasteiger partial charge >= 0.3 is 0 Å². The van der Waals surface area contributed by atoms with E-state index < -0.39 is 0 Å². The highest BCUT2D eigenvalue weighted by molar-refractivity contribution is 6.03. The fourth-order valence-corrected chi connectivity index (χ4v) is 1.10. The summed E-state index contributed by atoms with van der Waals surface area (Å²) in [5, 5.41) is 21.3. The molecule has 2 rings (SSSR count). The van der Waals surface area contributed by atoms with E-state index in [9.17, 15) is 9.90 Å². The van der Waals surface area contributed by atoms with Gasteiger partial charge in [0.05, 0.1) is 6.20 Å². The normalized spacial score (nSPS) is 9.87. The first-order chi connectivity index (χ1) is 7.25. The third-order valence-corrected chi connectivity index (χ3v) is 1.76. The van der Waals surface area contributed by atoms with Crippen LogP contribution in [0.2, 0.25) is 0 Å². The molecule has 0 bridgehead atoms. The monoisotopic (exact) mass is 204 g/mol. The zero-order chi connectivity index (χ0) is 10.7. The lowest BCUT2D eigenvalue weighted by Gasteiger charge is -2.01. The van der Waals surface area contributed by atoms with Gasteiger partial charge in [-0.2, -0.15) is 10.3 Å². The molecule has 1 heterocycles. The number of amides is 1. The summed E-state index contributed by atoms with van der Waals surface area (Å²) in [4.78, 5) is 11.6. The van der Waals surface area contributed by atoms with E-state index in [4.69, 9.17) is 0 Å². The number of benzene rings is 1. The number of rotatable bonds is 2. The predicted octanol–water partition coefficient (Wildman–Crippen LogP) is 0.763. The van der Waals surface area contributed by atoms with Crippen LogP contribution in [0.4, 0.5) is 5.82 Å². The third-order valence-electron chi connectivity index (χ3n) is 1.76. The highest BCUT2D eigenvalue weighted by Crippen LogP contribution is 2.12. The number of aromatic hydroxyl groups is 1. The Bertz CT molecular complexity index is 467. The fraction of sp³-hybridized carbons (Fsp3) is 0. The minimum atomic E-state index is -0.347. The van der Waals surface area contributed by atoms with Gasteiger partial charge < -0.3 is 10.4 Å². The summed E-state index contributed by atoms with van der Waals surface area (Å²) in [5.41, 5.74) is 0.359. The summed E-state index contributed by atoms with van der Waals surface area (Å²) in [7, 11) is 0. The van der Waals surface area contributed by atoms with Crippen LogP contribution in [-0.2, 0) is 0 Å². The summed E-state index contributed by atoms with van der Waals surface area (Å²) in [6.45, 7) is 0. The number of nitrogens with one attached hydrogen (secondary N) is 2. The Morgan fingerprint density at radius 3 is 3.00 bits per heavy atom. The quantitative estimate of drug-likeness (QED) is 0.673. The van der Waals surface area contributed by atoms with Crippen LogP contribution in [0.25, 0.3) is 0 Å². The van der Waals surface area contributed by atoms with Crippen molar-refractivity contribution >= 4 is 11.7 Å². The van der Waals surface area contributed by atoms with Crippen LogP contribution < -0.4 is 5.32 Å². The maximum atomic E-state index is 11.6. The van der Waals surface area contributed by atoms with Gasteiger partial charge in [0.15, 0.2) is 5.82 Å². The Hall–Kier alpha value is -2.37. The van der Waals surface area contributed by atoms with Gasteiger partial charge in [0.1, 0.15) is 5.75 Å². The number of phenols is 1. The molecular formula is C9H8N4O2. The second kappa shape index (κ2) is 3.79. The Morgan fingerprint density at radius 2 is 2.33 bits per heavy atom. The minimum absolute atomic E-state index is 0.0443. The van der Waals surface area contributed by atoms with Crippen LogP contribution >= 0.6 is 0 Å². The fourth-order valence-electron chi connectivity index (χ4n) is 1.10. The van der Waals surface area contributed by atoms with Crippen molar-refractivity contribution in [1.29, 1.82) is 0 Å². The predicted molar refractivity (Wildman–Crippen MR) is 52.4 cm³/mol. The van der Waals surface area contributed by atoms with Crippen LogP contribution in [0.1, 0.15) is 10.4 Å². The molecule has 0 atom stereocenters. The molecule has 2 aromatic rings. The summed E-state index contributed by atoms with van der Waals surface area (Å²) in [5.74, 6) is 0.0333. The summed E-state index contributed by atoms with van der Waals surface area (Å²) in [6, 6.07) is 6.05. The lowest BCUT2D eigenvalue weighted by molar-refractivity contribution is 0.102. The number of hydrogen-bond donors (Lipinski definition) is 3. The van der Waals surface area contributed by atoms with Crippen molar-refractivity contribution in [3.63, 3.8) is 0 Å². The molecule has 0 aliphatic heterocycles. The number of hydrogen-bond acceptors (Lipinski definition) is 4. The Balaban J connectivity index is 2.15. The maximum absolute atomic E-state index is 11.6. The molecule has 0 aliphatic rings. The van der Waals surface area contributed by atoms with Gasteiger partial charge in [-0.15, -0.1) is 5.10 Å². The average molecular weight is 204 g/mol. The van der Waals surface area contributed by atoms with E-state index in [1.165, 1.54) is 18.3 Å². The van der Waals surface area contributed by atoms with Crippen LogP contribution in [0, 0.1) is 0 Å². The Morgan fingerprint density at radius 1 is 1.47 bits per heavy atom. The van der Waals surface area contributed by atoms with Crippen molar-refractivity contribution < 1.29 is 9.90 Å². The number of aromatic nitrogens is 3. The highest BCUT2D eigenvalue weighted by Gasteiger charge is 2.07. The van der Waals surface area contributed by atoms with Crippen molar-refractivity contribution in [2.45, 2.75) is 0 Å². The molecule has 0 saturated heterocycles. The maximum Gasteiger partial charge on any atom is 0.257 e. The molecule has 0 unspecified atom stereocenters. The number of carbonyl (C=O) groups is 1. The molecule has 1 aromatic carbocycles. The van der Waals surface area contributed by atoms with Gasteiger partial charge in [-0.25, -0.2) is 0 Å². The molecule has 0 radical (unpaired) electrons. The molecule has 1 amide bonds. The van der Waals surface area contributed by atoms with Crippen LogP contribution in [-0.4, -0.2) is 26.4 Å². The van der Waals surface area contributed by atoms with Gasteiger partial charge in [0.2, 0.25) is 0 Å². The third kappa shape index (κ3) is 2.11. The molecule has 6 heteroatoms. The van der Waals surface area contributed by atoms with E-state index in [0.717, 1.165) is 0 Å². The SMILES string of the molecule is O=C(Nc1cn[nH]n1)c1cccc(O)c1. The Kier molecular flexibility index (Phi) is 2.32. The van der Waals surface area contributed by atoms with Gasteiger partial charge in [-0.1, -0.05) is 6.07 Å². The van der Waals surface area contributed by atoms with Gasteiger partial charge in [-0.05, 0) is 18.2 Å². The number of aromatic amines is 1. The molecule has 1 aromatic heterocycles. The standard InChI is InChI=1S/C9H8N4O2/c14-7-3-1-2-6(4-7)9(15)11-8-5-10-13-12-8/h1-5,14H,(H2,10,11,12,13,15). The number of phenolic OH excluding ortho intramolecular Hbond substituents is 1. The minimum Gasteiger partial charge on any atom is -0.508 e. The molecular weight excluding hydrogens is 196 g/mol. The lowest BCUT2D eigenvalue weighted by atomic mass is 10.2. The molecule has 15 heavy (non-hydrogen) atoms. The average Bonchev–Trinajstić information content (AvgIpc) is 2.70. The number of nitrogens with zero attached hydrogens (tertiary/aromatic N) is 2. The number of carbonyl (C=O) groups excluding carboxylic acids is 1. The summed E-state index contributed by atoms with van der Waals surface area (Å²) >= 11 is 0. The number of H-pyrrole nitrogens is 1. The van der Waals surface area contributed by atoms with Crippen molar-refractivity contribution in [2.75, 3.05) is 5.32 Å². The molecule has 6 nitrogen and oxygen atoms in total. The molecule has 0 aliphatic carbocycles. The van der Waals surface area contributed by atoms with E-state index in [2.05, 4.69) is 20.7 Å². The van der Waals surface area contributed by atoms with E-state index >= 15 is 0 Å². The zero-order valence-electron chi connectivity index (χ0n) is 7.64. The van der Waals surface area contributed by atoms with Crippen LogP contribution in [0.5, 0.6) is 5.75 Å². The largest absolute Gasteiger partial charge is 0.508 e. The van der Waals surface area contributed by atoms with Crippen LogP contribution in [0.15, 0.2) is 30.5 Å². The van der Waals surface area contributed by atoms with Crippen LogP contribution in [0.3, 0.4) is 0 Å². The molecule has 0 fully saturated rings. The van der Waals surface area contributed by atoms with E-state index in [0.29, 0.717) is 11.4 Å². The first-order valence-corrected chi connectivity index (χ1v) is 4.22. The summed E-state index contributed by atoms with van der Waals surface area (Å²) in [6.07, 6.45) is 1.39.